The van der Waals surface area contributed by atoms with E-state index >= 15 is 0 Å². The van der Waals surface area contributed by atoms with Crippen LogP contribution in [-0.4, -0.2) is 82.9 Å². The number of ether oxygens (including phenoxy) is 3. The molecule has 0 unspecified atom stereocenters. The molecule has 0 aromatic carbocycles. The zero-order valence-corrected chi connectivity index (χ0v) is 19.1. The maximum atomic E-state index is 10.8. The van der Waals surface area contributed by atoms with Gasteiger partial charge in [0.05, 0.1) is 23.8 Å². The van der Waals surface area contributed by atoms with Crippen molar-refractivity contribution in [2.24, 2.45) is 11.1 Å². The maximum Gasteiger partial charge on any atom is 0.192 e. The molecule has 0 aromatic heterocycles. The highest BCUT2D eigenvalue weighted by Crippen LogP contribution is 2.41. The average Bonchev–Trinajstić information content (AvgIpc) is 2.56. The lowest BCUT2D eigenvalue weighted by atomic mass is 9.76. The lowest BCUT2D eigenvalue weighted by molar-refractivity contribution is -0.228. The van der Waals surface area contributed by atoms with E-state index in [0.29, 0.717) is 5.71 Å². The molecule has 8 nitrogen and oxygen atoms in total. The molecule has 6 atom stereocenters. The summed E-state index contributed by atoms with van der Waals surface area (Å²) in [4.78, 5) is 4.87. The topological polar surface area (TPSA) is 99.0 Å². The molecule has 0 heterocycles. The Labute approximate surface area is 163 Å². The molecule has 1 aliphatic carbocycles. The van der Waals surface area contributed by atoms with E-state index in [2.05, 4.69) is 39.0 Å². The van der Waals surface area contributed by atoms with Gasteiger partial charge < -0.3 is 33.7 Å². The van der Waals surface area contributed by atoms with Crippen molar-refractivity contribution >= 4 is 14.0 Å². The fourth-order valence-electron chi connectivity index (χ4n) is 3.15. The third-order valence-electron chi connectivity index (χ3n) is 5.66. The number of methoxy groups -OCH3 is 2. The van der Waals surface area contributed by atoms with Crippen molar-refractivity contribution in [1.29, 1.82) is 0 Å². The molecule has 0 spiro atoms. The first kappa shape index (κ1) is 24.5. The average molecular weight is 408 g/mol. The molecule has 0 saturated heterocycles. The summed E-state index contributed by atoms with van der Waals surface area (Å²) in [5.74, 6) is -0.595. The lowest BCUT2D eigenvalue weighted by Gasteiger charge is -2.50. The van der Waals surface area contributed by atoms with E-state index < -0.39 is 44.8 Å². The molecule has 1 saturated carbocycles. The molecular formula is C18H37NO7Si. The fraction of sp³-hybridized carbons (Fsp3) is 0.944. The van der Waals surface area contributed by atoms with E-state index in [-0.39, 0.29) is 11.8 Å². The minimum atomic E-state index is -2.23. The number of aliphatic hydroxyl groups excluding tert-OH is 2. The largest absolute Gasteiger partial charge is 0.408 e. The Bertz CT molecular complexity index is 495. The van der Waals surface area contributed by atoms with Gasteiger partial charge in [-0.1, -0.05) is 25.9 Å². The maximum absolute atomic E-state index is 10.8. The summed E-state index contributed by atoms with van der Waals surface area (Å²) in [6.07, 6.45) is -4.30. The third kappa shape index (κ3) is 5.50. The summed E-state index contributed by atoms with van der Waals surface area (Å²) in [6, 6.07) is 0. The molecule has 1 fully saturated rings. The molecular weight excluding hydrogens is 370 g/mol. The minimum Gasteiger partial charge on any atom is -0.408 e. The summed E-state index contributed by atoms with van der Waals surface area (Å²) in [6.45, 7) is 12.3. The van der Waals surface area contributed by atoms with Gasteiger partial charge in [0.2, 0.25) is 0 Å². The molecule has 0 bridgehead atoms. The van der Waals surface area contributed by atoms with Crippen LogP contribution in [-0.2, 0) is 23.5 Å². The summed E-state index contributed by atoms with van der Waals surface area (Å²) in [5, 5.41) is 25.4. The van der Waals surface area contributed by atoms with E-state index in [1.807, 2.05) is 0 Å². The van der Waals surface area contributed by atoms with E-state index in [4.69, 9.17) is 23.5 Å². The van der Waals surface area contributed by atoms with E-state index in [9.17, 15) is 10.2 Å². The molecule has 1 rings (SSSR count). The van der Waals surface area contributed by atoms with E-state index in [1.54, 1.807) is 14.0 Å². The van der Waals surface area contributed by atoms with Crippen molar-refractivity contribution in [2.45, 2.75) is 76.3 Å². The number of hydrogen-bond acceptors (Lipinski definition) is 8. The number of rotatable bonds is 8. The Kier molecular flexibility index (Phi) is 8.86. The zero-order chi connectivity index (χ0) is 21.0. The molecule has 0 radical (unpaired) electrons. The summed E-state index contributed by atoms with van der Waals surface area (Å²) >= 11 is 0. The fourth-order valence-corrected chi connectivity index (χ4v) is 4.45. The van der Waals surface area contributed by atoms with Crippen molar-refractivity contribution in [3.05, 3.63) is 0 Å². The van der Waals surface area contributed by atoms with Gasteiger partial charge in [0.25, 0.3) is 0 Å². The van der Waals surface area contributed by atoms with Crippen LogP contribution in [0.5, 0.6) is 0 Å². The van der Waals surface area contributed by atoms with Crippen LogP contribution < -0.4 is 0 Å². The molecule has 0 aromatic rings. The molecule has 1 aliphatic rings. The van der Waals surface area contributed by atoms with Crippen molar-refractivity contribution in [2.75, 3.05) is 28.1 Å². The van der Waals surface area contributed by atoms with Gasteiger partial charge in [-0.25, -0.2) is 0 Å². The number of hydrogen-bond donors (Lipinski definition) is 2. The van der Waals surface area contributed by atoms with Crippen LogP contribution in [0.4, 0.5) is 0 Å². The summed E-state index contributed by atoms with van der Waals surface area (Å²) < 4.78 is 23.1. The second-order valence-electron chi connectivity index (χ2n) is 8.50. The Balaban J connectivity index is 3.35. The van der Waals surface area contributed by atoms with Gasteiger partial charge in [0, 0.05) is 14.2 Å². The van der Waals surface area contributed by atoms with Crippen LogP contribution in [0.25, 0.3) is 0 Å². The molecule has 27 heavy (non-hydrogen) atoms. The molecule has 9 heteroatoms. The van der Waals surface area contributed by atoms with Gasteiger partial charge >= 0.3 is 0 Å². The summed E-state index contributed by atoms with van der Waals surface area (Å²) in [5.41, 5.74) is 0.518. The number of nitrogens with zero attached hydrogens (tertiary/aromatic N) is 1. The quantitative estimate of drug-likeness (QED) is 0.274. The second-order valence-corrected chi connectivity index (χ2v) is 13.3. The standard InChI is InChI=1S/C18H37NO7Si/c1-11(19-24-7)12-13(20)14(21)16(25-10-22-5)17(15(12)23-6)26-27(8,9)18(2,3)4/h12-17,20-21H,10H2,1-9H3/b19-11-/t12-,13+,14+,15+,16-,17-/m0/s1. The first-order valence-electron chi connectivity index (χ1n) is 9.17. The molecule has 2 N–H and O–H groups in total. The Morgan fingerprint density at radius 1 is 1.00 bits per heavy atom. The highest BCUT2D eigenvalue weighted by molar-refractivity contribution is 6.74. The lowest BCUT2D eigenvalue weighted by Crippen LogP contribution is -2.66. The predicted molar refractivity (Wildman–Crippen MR) is 105 cm³/mol. The van der Waals surface area contributed by atoms with Gasteiger partial charge in [-0.05, 0) is 25.1 Å². The Morgan fingerprint density at radius 3 is 2.04 bits per heavy atom. The van der Waals surface area contributed by atoms with Crippen LogP contribution in [0.15, 0.2) is 5.16 Å². The highest BCUT2D eigenvalue weighted by atomic mass is 28.4. The first-order valence-corrected chi connectivity index (χ1v) is 12.1. The minimum absolute atomic E-state index is 0.0297. The Morgan fingerprint density at radius 2 is 1.59 bits per heavy atom. The van der Waals surface area contributed by atoms with Gasteiger partial charge in [0.1, 0.15) is 32.2 Å². The van der Waals surface area contributed by atoms with Crippen LogP contribution in [0, 0.1) is 5.92 Å². The molecule has 160 valence electrons. The monoisotopic (exact) mass is 407 g/mol. The first-order chi connectivity index (χ1) is 12.4. The smallest absolute Gasteiger partial charge is 0.192 e. The van der Waals surface area contributed by atoms with Crippen molar-refractivity contribution in [1.82, 2.24) is 0 Å². The van der Waals surface area contributed by atoms with Gasteiger partial charge in [-0.15, -0.1) is 0 Å². The van der Waals surface area contributed by atoms with Crippen molar-refractivity contribution in [3.63, 3.8) is 0 Å². The number of oxime groups is 1. The van der Waals surface area contributed by atoms with Crippen molar-refractivity contribution in [3.8, 4) is 0 Å². The van der Waals surface area contributed by atoms with Gasteiger partial charge in [-0.3, -0.25) is 0 Å². The Hall–Kier alpha value is -0.553. The van der Waals surface area contributed by atoms with Crippen LogP contribution >= 0.6 is 0 Å². The van der Waals surface area contributed by atoms with Gasteiger partial charge in [0.15, 0.2) is 8.32 Å². The van der Waals surface area contributed by atoms with E-state index in [1.165, 1.54) is 14.2 Å². The molecule has 0 aliphatic heterocycles. The predicted octanol–water partition coefficient (Wildman–Crippen LogP) is 1.75. The van der Waals surface area contributed by atoms with Gasteiger partial charge in [-0.2, -0.15) is 0 Å². The third-order valence-corrected chi connectivity index (χ3v) is 10.1. The van der Waals surface area contributed by atoms with Crippen molar-refractivity contribution < 1.29 is 33.7 Å². The second kappa shape index (κ2) is 9.77. The SMILES string of the molecule is COCO[C@H]1[C@H](O)[C@H](O)[C@H](/C(C)=N\OC)[C@@H](OC)[C@@H]1O[Si](C)(C)C(C)(C)C. The van der Waals surface area contributed by atoms with Crippen LogP contribution in [0.1, 0.15) is 27.7 Å². The summed E-state index contributed by atoms with van der Waals surface area (Å²) in [7, 11) is 2.26. The number of aliphatic hydroxyl groups is 2. The molecule has 0 amide bonds. The highest BCUT2D eigenvalue weighted by Gasteiger charge is 2.55. The van der Waals surface area contributed by atoms with E-state index in [0.717, 1.165) is 0 Å². The van der Waals surface area contributed by atoms with Crippen LogP contribution in [0.3, 0.4) is 0 Å². The zero-order valence-electron chi connectivity index (χ0n) is 18.1. The normalized spacial score (nSPS) is 33.2. The van der Waals surface area contributed by atoms with Crippen LogP contribution in [0.2, 0.25) is 18.1 Å².